The molecule has 0 aromatic heterocycles. The van der Waals surface area contributed by atoms with Gasteiger partial charge in [-0.25, -0.2) is 0 Å². The van der Waals surface area contributed by atoms with Gasteiger partial charge in [-0.1, -0.05) is 25.7 Å². The summed E-state index contributed by atoms with van der Waals surface area (Å²) in [6.45, 7) is 2.40. The van der Waals surface area contributed by atoms with Crippen molar-refractivity contribution in [2.24, 2.45) is 11.8 Å². The van der Waals surface area contributed by atoms with Crippen molar-refractivity contribution < 1.29 is 0 Å². The Morgan fingerprint density at radius 2 is 1.95 bits per heavy atom. The molecule has 0 aromatic rings. The zero-order valence-corrected chi connectivity index (χ0v) is 13.3. The minimum absolute atomic E-state index is 0.244. The Kier molecular flexibility index (Phi) is 5.86. The van der Waals surface area contributed by atoms with Gasteiger partial charge in [-0.15, -0.1) is 0 Å². The summed E-state index contributed by atoms with van der Waals surface area (Å²) in [6.07, 6.45) is 11.7. The van der Waals surface area contributed by atoms with E-state index in [9.17, 15) is 5.26 Å². The molecule has 0 heterocycles. The maximum atomic E-state index is 9.49. The van der Waals surface area contributed by atoms with Crippen LogP contribution in [0.1, 0.15) is 57.8 Å². The number of hydrogen-bond donors (Lipinski definition) is 1. The first-order valence-electron chi connectivity index (χ1n) is 8.49. The molecule has 2 rings (SSSR count). The van der Waals surface area contributed by atoms with Crippen molar-refractivity contribution in [3.05, 3.63) is 0 Å². The fourth-order valence-electron chi connectivity index (χ4n) is 4.28. The quantitative estimate of drug-likeness (QED) is 0.810. The van der Waals surface area contributed by atoms with Crippen LogP contribution in [0.25, 0.3) is 0 Å². The lowest BCUT2D eigenvalue weighted by molar-refractivity contribution is 0.208. The van der Waals surface area contributed by atoms with E-state index in [4.69, 9.17) is 0 Å². The van der Waals surface area contributed by atoms with Crippen LogP contribution in [0.3, 0.4) is 0 Å². The molecule has 0 bridgehead atoms. The van der Waals surface area contributed by atoms with Crippen molar-refractivity contribution >= 4 is 0 Å². The van der Waals surface area contributed by atoms with Crippen LogP contribution < -0.4 is 5.32 Å². The lowest BCUT2D eigenvalue weighted by Crippen LogP contribution is -2.45. The van der Waals surface area contributed by atoms with Crippen LogP contribution in [0.5, 0.6) is 0 Å². The summed E-state index contributed by atoms with van der Waals surface area (Å²) >= 11 is 0. The molecule has 2 aliphatic carbocycles. The van der Waals surface area contributed by atoms with E-state index in [1.807, 2.05) is 7.05 Å². The second-order valence-corrected chi connectivity index (χ2v) is 6.98. The first-order valence-corrected chi connectivity index (χ1v) is 8.49. The van der Waals surface area contributed by atoms with Crippen molar-refractivity contribution in [1.82, 2.24) is 10.2 Å². The topological polar surface area (TPSA) is 39.1 Å². The minimum atomic E-state index is -0.244. The van der Waals surface area contributed by atoms with E-state index in [1.165, 1.54) is 51.5 Å². The Morgan fingerprint density at radius 1 is 1.20 bits per heavy atom. The van der Waals surface area contributed by atoms with Gasteiger partial charge >= 0.3 is 0 Å². The first-order chi connectivity index (χ1) is 9.70. The predicted molar refractivity (Wildman–Crippen MR) is 83.4 cm³/mol. The molecule has 2 fully saturated rings. The Balaban J connectivity index is 1.75. The highest BCUT2D eigenvalue weighted by Crippen LogP contribution is 2.37. The van der Waals surface area contributed by atoms with E-state index in [0.717, 1.165) is 25.3 Å². The van der Waals surface area contributed by atoms with E-state index in [0.29, 0.717) is 5.92 Å². The number of nitriles is 1. The third kappa shape index (κ3) is 3.74. The fraction of sp³-hybridized carbons (Fsp3) is 0.941. The molecule has 3 heteroatoms. The molecule has 1 N–H and O–H groups in total. The summed E-state index contributed by atoms with van der Waals surface area (Å²) in [6, 6.07) is 2.55. The molecule has 0 radical (unpaired) electrons. The monoisotopic (exact) mass is 277 g/mol. The average Bonchev–Trinajstić information content (AvgIpc) is 2.89. The smallest absolute Gasteiger partial charge is 0.109 e. The molecule has 0 saturated heterocycles. The normalized spacial score (nSPS) is 31.6. The largest absolute Gasteiger partial charge is 0.306 e. The molecule has 2 saturated carbocycles. The number of nitrogens with zero attached hydrogens (tertiary/aromatic N) is 2. The lowest BCUT2D eigenvalue weighted by Gasteiger charge is -2.31. The highest BCUT2D eigenvalue weighted by molar-refractivity contribution is 5.13. The first kappa shape index (κ1) is 15.8. The molecular weight excluding hydrogens is 246 g/mol. The Hall–Kier alpha value is -0.590. The highest BCUT2D eigenvalue weighted by atomic mass is 15.1. The van der Waals surface area contributed by atoms with Crippen molar-refractivity contribution in [1.29, 1.82) is 5.26 Å². The summed E-state index contributed by atoms with van der Waals surface area (Å²) in [7, 11) is 4.21. The molecule has 2 atom stereocenters. The van der Waals surface area contributed by atoms with Crippen LogP contribution in [-0.2, 0) is 0 Å². The van der Waals surface area contributed by atoms with Crippen LogP contribution in [0.2, 0.25) is 0 Å². The van der Waals surface area contributed by atoms with Gasteiger partial charge in [0.1, 0.15) is 5.54 Å². The number of nitrogens with one attached hydrogen (secondary N) is 1. The molecule has 0 amide bonds. The summed E-state index contributed by atoms with van der Waals surface area (Å²) in [5.74, 6) is 1.45. The van der Waals surface area contributed by atoms with Crippen LogP contribution in [0.15, 0.2) is 0 Å². The van der Waals surface area contributed by atoms with Gasteiger partial charge in [0.15, 0.2) is 0 Å². The minimum Gasteiger partial charge on any atom is -0.306 e. The standard InChI is InChI=1S/C17H31N3/c1-19-17(14-18)11-6-9-16(17)10-12-20(2)13-15-7-4-3-5-8-15/h15-16,19H,3-13H2,1-2H3. The summed E-state index contributed by atoms with van der Waals surface area (Å²) < 4.78 is 0. The zero-order chi connectivity index (χ0) is 14.4. The van der Waals surface area contributed by atoms with Crippen LogP contribution in [-0.4, -0.2) is 37.6 Å². The maximum absolute atomic E-state index is 9.49. The summed E-state index contributed by atoms with van der Waals surface area (Å²) in [5.41, 5.74) is -0.244. The number of rotatable bonds is 6. The van der Waals surface area contributed by atoms with E-state index >= 15 is 0 Å². The van der Waals surface area contributed by atoms with Gasteiger partial charge in [-0.05, 0) is 64.6 Å². The molecule has 2 unspecified atom stereocenters. The van der Waals surface area contributed by atoms with Crippen LogP contribution in [0.4, 0.5) is 0 Å². The van der Waals surface area contributed by atoms with Gasteiger partial charge in [0, 0.05) is 6.54 Å². The van der Waals surface area contributed by atoms with Gasteiger partial charge < -0.3 is 10.2 Å². The maximum Gasteiger partial charge on any atom is 0.109 e. The van der Waals surface area contributed by atoms with Crippen molar-refractivity contribution in [2.45, 2.75) is 63.3 Å². The molecule has 2 aliphatic rings. The lowest BCUT2D eigenvalue weighted by atomic mass is 9.85. The molecule has 3 nitrogen and oxygen atoms in total. The highest BCUT2D eigenvalue weighted by Gasteiger charge is 2.41. The molecule has 0 aliphatic heterocycles. The third-order valence-corrected chi connectivity index (χ3v) is 5.62. The fourth-order valence-corrected chi connectivity index (χ4v) is 4.28. The van der Waals surface area contributed by atoms with E-state index < -0.39 is 0 Å². The Labute approximate surface area is 124 Å². The Morgan fingerprint density at radius 3 is 2.60 bits per heavy atom. The van der Waals surface area contributed by atoms with E-state index in [1.54, 1.807) is 0 Å². The SMILES string of the molecule is CNC1(C#N)CCCC1CCN(C)CC1CCCCC1. The van der Waals surface area contributed by atoms with Gasteiger partial charge in [0.2, 0.25) is 0 Å². The molecular formula is C17H31N3. The molecule has 0 spiro atoms. The van der Waals surface area contributed by atoms with Crippen molar-refractivity contribution in [2.75, 3.05) is 27.2 Å². The van der Waals surface area contributed by atoms with Crippen molar-refractivity contribution in [3.8, 4) is 6.07 Å². The van der Waals surface area contributed by atoms with E-state index in [-0.39, 0.29) is 5.54 Å². The van der Waals surface area contributed by atoms with E-state index in [2.05, 4.69) is 23.3 Å². The molecule has 114 valence electrons. The van der Waals surface area contributed by atoms with Gasteiger partial charge in [-0.2, -0.15) is 5.26 Å². The zero-order valence-electron chi connectivity index (χ0n) is 13.3. The van der Waals surface area contributed by atoms with Crippen molar-refractivity contribution in [3.63, 3.8) is 0 Å². The summed E-state index contributed by atoms with van der Waals surface area (Å²) in [5, 5.41) is 12.8. The van der Waals surface area contributed by atoms with Gasteiger partial charge in [0.25, 0.3) is 0 Å². The van der Waals surface area contributed by atoms with Gasteiger partial charge in [0.05, 0.1) is 6.07 Å². The third-order valence-electron chi connectivity index (χ3n) is 5.62. The van der Waals surface area contributed by atoms with Crippen LogP contribution >= 0.6 is 0 Å². The number of hydrogen-bond acceptors (Lipinski definition) is 3. The Bertz CT molecular complexity index is 330. The molecule has 0 aromatic carbocycles. The van der Waals surface area contributed by atoms with Crippen LogP contribution in [0, 0.1) is 23.2 Å². The molecule has 20 heavy (non-hydrogen) atoms. The second kappa shape index (κ2) is 7.43. The van der Waals surface area contributed by atoms with Gasteiger partial charge in [-0.3, -0.25) is 0 Å². The second-order valence-electron chi connectivity index (χ2n) is 6.98. The predicted octanol–water partition coefficient (Wildman–Crippen LogP) is 3.17. The summed E-state index contributed by atoms with van der Waals surface area (Å²) in [4.78, 5) is 2.51. The average molecular weight is 277 g/mol.